The Labute approximate surface area is 123 Å². The van der Waals surface area contributed by atoms with Crippen LogP contribution in [-0.4, -0.2) is 16.1 Å². The van der Waals surface area contributed by atoms with Gasteiger partial charge in [0, 0.05) is 4.88 Å². The maximum atomic E-state index is 6.29. The van der Waals surface area contributed by atoms with Crippen molar-refractivity contribution < 1.29 is 4.74 Å². The summed E-state index contributed by atoms with van der Waals surface area (Å²) >= 11 is 1.85. The molecule has 0 N–H and O–H groups in total. The molecule has 2 heterocycles. The van der Waals surface area contributed by atoms with Crippen molar-refractivity contribution in [1.29, 1.82) is 0 Å². The molecule has 0 unspecified atom stereocenters. The van der Waals surface area contributed by atoms with Gasteiger partial charge in [0.2, 0.25) is 5.88 Å². The van der Waals surface area contributed by atoms with E-state index in [0.717, 1.165) is 16.5 Å². The van der Waals surface area contributed by atoms with Crippen LogP contribution in [0.3, 0.4) is 0 Å². The van der Waals surface area contributed by atoms with Crippen LogP contribution in [-0.2, 0) is 12.8 Å². The van der Waals surface area contributed by atoms with Crippen molar-refractivity contribution in [3.05, 3.63) is 16.3 Å². The number of ether oxygens (including phenoxy) is 1. The van der Waals surface area contributed by atoms with Gasteiger partial charge in [-0.3, -0.25) is 0 Å². The Bertz CT molecular complexity index is 643. The monoisotopic (exact) mass is 288 g/mol. The standard InChI is InChI=1S/C16H20N2OS/c1-10-17-15(19-11-6-3-2-4-7-11)14-12-8-5-9-13(12)20-16(14)18-10/h11H,2-9H2,1H3. The van der Waals surface area contributed by atoms with Gasteiger partial charge in [-0.2, -0.15) is 4.98 Å². The Morgan fingerprint density at radius 3 is 2.75 bits per heavy atom. The SMILES string of the molecule is Cc1nc(OC2CCCCC2)c2c3c(sc2n1)CCC3. The van der Waals surface area contributed by atoms with Gasteiger partial charge >= 0.3 is 0 Å². The number of nitrogens with zero attached hydrogens (tertiary/aromatic N) is 2. The summed E-state index contributed by atoms with van der Waals surface area (Å²) in [5.41, 5.74) is 1.47. The summed E-state index contributed by atoms with van der Waals surface area (Å²) in [6.45, 7) is 1.97. The number of aryl methyl sites for hydroxylation is 3. The fraction of sp³-hybridized carbons (Fsp3) is 0.625. The van der Waals surface area contributed by atoms with E-state index in [4.69, 9.17) is 4.74 Å². The second kappa shape index (κ2) is 4.99. The summed E-state index contributed by atoms with van der Waals surface area (Å²) in [4.78, 5) is 11.9. The molecule has 2 aromatic heterocycles. The minimum absolute atomic E-state index is 0.359. The zero-order chi connectivity index (χ0) is 13.5. The second-order valence-corrected chi connectivity index (χ2v) is 7.07. The van der Waals surface area contributed by atoms with E-state index in [-0.39, 0.29) is 0 Å². The van der Waals surface area contributed by atoms with E-state index >= 15 is 0 Å². The summed E-state index contributed by atoms with van der Waals surface area (Å²) in [6, 6.07) is 0. The van der Waals surface area contributed by atoms with Crippen LogP contribution in [0.15, 0.2) is 0 Å². The molecule has 2 aliphatic carbocycles. The van der Waals surface area contributed by atoms with E-state index in [9.17, 15) is 0 Å². The van der Waals surface area contributed by atoms with E-state index in [1.807, 2.05) is 18.3 Å². The van der Waals surface area contributed by atoms with E-state index in [2.05, 4.69) is 9.97 Å². The normalized spacial score (nSPS) is 19.4. The van der Waals surface area contributed by atoms with E-state index in [1.165, 1.54) is 67.2 Å². The minimum atomic E-state index is 0.359. The van der Waals surface area contributed by atoms with Crippen LogP contribution in [0.1, 0.15) is 54.8 Å². The molecule has 0 aromatic carbocycles. The smallest absolute Gasteiger partial charge is 0.226 e. The van der Waals surface area contributed by atoms with Crippen LogP contribution in [0.2, 0.25) is 0 Å². The van der Waals surface area contributed by atoms with Gasteiger partial charge in [0.05, 0.1) is 5.39 Å². The van der Waals surface area contributed by atoms with E-state index in [0.29, 0.717) is 6.10 Å². The molecule has 0 aliphatic heterocycles. The summed E-state index contributed by atoms with van der Waals surface area (Å²) in [7, 11) is 0. The Kier molecular flexibility index (Phi) is 3.14. The van der Waals surface area contributed by atoms with Crippen LogP contribution < -0.4 is 4.74 Å². The molecule has 0 spiro atoms. The van der Waals surface area contributed by atoms with Crippen molar-refractivity contribution in [1.82, 2.24) is 9.97 Å². The van der Waals surface area contributed by atoms with E-state index in [1.54, 1.807) is 0 Å². The molecule has 0 amide bonds. The topological polar surface area (TPSA) is 35.0 Å². The average Bonchev–Trinajstić information content (AvgIpc) is 2.99. The van der Waals surface area contributed by atoms with Gasteiger partial charge in [0.1, 0.15) is 16.8 Å². The highest BCUT2D eigenvalue weighted by atomic mass is 32.1. The number of rotatable bonds is 2. The Morgan fingerprint density at radius 2 is 1.90 bits per heavy atom. The maximum Gasteiger partial charge on any atom is 0.226 e. The van der Waals surface area contributed by atoms with Crippen LogP contribution in [0, 0.1) is 6.92 Å². The molecule has 0 bridgehead atoms. The Hall–Kier alpha value is -1.16. The molecule has 0 saturated heterocycles. The molecule has 2 aromatic rings. The number of aromatic nitrogens is 2. The van der Waals surface area contributed by atoms with Crippen molar-refractivity contribution in [3.8, 4) is 5.88 Å². The lowest BCUT2D eigenvalue weighted by molar-refractivity contribution is 0.150. The third kappa shape index (κ3) is 2.10. The molecular weight excluding hydrogens is 268 g/mol. The summed E-state index contributed by atoms with van der Waals surface area (Å²) in [5, 5.41) is 1.22. The lowest BCUT2D eigenvalue weighted by Crippen LogP contribution is -2.20. The first-order chi connectivity index (χ1) is 9.81. The average molecular weight is 288 g/mol. The molecule has 0 radical (unpaired) electrons. The summed E-state index contributed by atoms with van der Waals surface area (Å²) < 4.78 is 6.29. The molecule has 20 heavy (non-hydrogen) atoms. The predicted molar refractivity (Wildman–Crippen MR) is 81.7 cm³/mol. The van der Waals surface area contributed by atoms with Crippen LogP contribution >= 0.6 is 11.3 Å². The highest BCUT2D eigenvalue weighted by molar-refractivity contribution is 7.19. The number of fused-ring (bicyclic) bond motifs is 3. The van der Waals surface area contributed by atoms with Crippen molar-refractivity contribution in [2.24, 2.45) is 0 Å². The molecule has 1 saturated carbocycles. The number of hydrogen-bond acceptors (Lipinski definition) is 4. The lowest BCUT2D eigenvalue weighted by Gasteiger charge is -2.23. The molecular formula is C16H20N2OS. The summed E-state index contributed by atoms with van der Waals surface area (Å²) in [6.07, 6.45) is 10.3. The van der Waals surface area contributed by atoms with Crippen LogP contribution in [0.25, 0.3) is 10.2 Å². The minimum Gasteiger partial charge on any atom is -0.474 e. The van der Waals surface area contributed by atoms with Gasteiger partial charge in [-0.05, 0) is 57.4 Å². The summed E-state index contributed by atoms with van der Waals surface area (Å²) in [5.74, 6) is 1.70. The van der Waals surface area contributed by atoms with Gasteiger partial charge < -0.3 is 4.74 Å². The fourth-order valence-corrected chi connectivity index (χ4v) is 4.79. The largest absolute Gasteiger partial charge is 0.474 e. The lowest BCUT2D eigenvalue weighted by atomic mass is 9.98. The second-order valence-electron chi connectivity index (χ2n) is 5.99. The predicted octanol–water partition coefficient (Wildman–Crippen LogP) is 4.20. The molecule has 106 valence electrons. The number of hydrogen-bond donors (Lipinski definition) is 0. The van der Waals surface area contributed by atoms with Gasteiger partial charge in [0.15, 0.2) is 0 Å². The van der Waals surface area contributed by atoms with Crippen molar-refractivity contribution in [2.45, 2.75) is 64.4 Å². The van der Waals surface area contributed by atoms with Crippen LogP contribution in [0.5, 0.6) is 5.88 Å². The molecule has 0 atom stereocenters. The van der Waals surface area contributed by atoms with E-state index < -0.39 is 0 Å². The van der Waals surface area contributed by atoms with Crippen LogP contribution in [0.4, 0.5) is 0 Å². The zero-order valence-corrected chi connectivity index (χ0v) is 12.8. The van der Waals surface area contributed by atoms with Crippen molar-refractivity contribution >= 4 is 21.6 Å². The van der Waals surface area contributed by atoms with Gasteiger partial charge in [0.25, 0.3) is 0 Å². The van der Waals surface area contributed by atoms with Crippen molar-refractivity contribution in [2.75, 3.05) is 0 Å². The highest BCUT2D eigenvalue weighted by Crippen LogP contribution is 2.41. The van der Waals surface area contributed by atoms with Gasteiger partial charge in [-0.25, -0.2) is 4.98 Å². The fourth-order valence-electron chi connectivity index (χ4n) is 3.49. The highest BCUT2D eigenvalue weighted by Gasteiger charge is 2.24. The number of thiophene rings is 1. The molecule has 2 aliphatic rings. The van der Waals surface area contributed by atoms with Gasteiger partial charge in [-0.15, -0.1) is 11.3 Å². The first-order valence-corrected chi connectivity index (χ1v) is 8.58. The maximum absolute atomic E-state index is 6.29. The zero-order valence-electron chi connectivity index (χ0n) is 11.9. The third-order valence-corrected chi connectivity index (χ3v) is 5.66. The first-order valence-electron chi connectivity index (χ1n) is 7.77. The van der Waals surface area contributed by atoms with Crippen molar-refractivity contribution in [3.63, 3.8) is 0 Å². The third-order valence-electron chi connectivity index (χ3n) is 4.47. The Morgan fingerprint density at radius 1 is 1.05 bits per heavy atom. The van der Waals surface area contributed by atoms with Gasteiger partial charge in [-0.1, -0.05) is 6.42 Å². The molecule has 4 heteroatoms. The molecule has 1 fully saturated rings. The quantitative estimate of drug-likeness (QED) is 0.830. The Balaban J connectivity index is 1.76. The molecule has 3 nitrogen and oxygen atoms in total. The first kappa shape index (κ1) is 12.6. The molecule has 4 rings (SSSR count).